The molecule has 0 spiro atoms. The maximum absolute atomic E-state index is 5.98. The van der Waals surface area contributed by atoms with Gasteiger partial charge in [-0.15, -0.1) is 0 Å². The molecule has 2 atom stereocenters. The molecule has 1 heterocycles. The molecule has 4 heteroatoms. The average molecular weight is 246 g/mol. The van der Waals surface area contributed by atoms with Crippen molar-refractivity contribution >= 4 is 13.3 Å². The van der Waals surface area contributed by atoms with Crippen molar-refractivity contribution in [1.82, 2.24) is 0 Å². The number of hydrogen-bond donors (Lipinski definition) is 0. The summed E-state index contributed by atoms with van der Waals surface area (Å²) in [5, 5.41) is 0. The van der Waals surface area contributed by atoms with Crippen LogP contribution in [0.5, 0.6) is 5.75 Å². The summed E-state index contributed by atoms with van der Waals surface area (Å²) in [6.07, 6.45) is 0.367. The lowest BCUT2D eigenvalue weighted by Crippen LogP contribution is -2.17. The van der Waals surface area contributed by atoms with Gasteiger partial charge in [-0.3, -0.25) is 0 Å². The Morgan fingerprint density at radius 2 is 2.11 bits per heavy atom. The van der Waals surface area contributed by atoms with Crippen LogP contribution < -0.4 is 10.2 Å². The van der Waals surface area contributed by atoms with Crippen LogP contribution in [0.25, 0.3) is 0 Å². The van der Waals surface area contributed by atoms with Crippen LogP contribution in [0.4, 0.5) is 0 Å². The first-order valence-corrected chi connectivity index (χ1v) is 6.35. The van der Waals surface area contributed by atoms with Crippen LogP contribution in [0.2, 0.25) is 0 Å². The van der Waals surface area contributed by atoms with E-state index in [1.165, 1.54) is 0 Å². The van der Waals surface area contributed by atoms with Crippen molar-refractivity contribution in [3.05, 3.63) is 23.8 Å². The van der Waals surface area contributed by atoms with Crippen LogP contribution in [0, 0.1) is 0 Å². The summed E-state index contributed by atoms with van der Waals surface area (Å²) in [5.74, 6) is 0.826. The van der Waals surface area contributed by atoms with Crippen LogP contribution in [0.3, 0.4) is 0 Å². The van der Waals surface area contributed by atoms with E-state index in [0.29, 0.717) is 6.61 Å². The van der Waals surface area contributed by atoms with Gasteiger partial charge in [0.25, 0.3) is 0 Å². The Labute approximate surface area is 110 Å². The third-order valence-electron chi connectivity index (χ3n) is 2.80. The fourth-order valence-electron chi connectivity index (χ4n) is 1.76. The minimum Gasteiger partial charge on any atom is -0.491 e. The molecule has 0 bridgehead atoms. The van der Waals surface area contributed by atoms with Gasteiger partial charge in [0, 0.05) is 0 Å². The third-order valence-corrected chi connectivity index (χ3v) is 2.80. The van der Waals surface area contributed by atoms with E-state index in [2.05, 4.69) is 0 Å². The van der Waals surface area contributed by atoms with Gasteiger partial charge in [-0.05, 0) is 38.5 Å². The number of ether oxygens (including phenoxy) is 3. The molecule has 0 saturated carbocycles. The normalized spacial score (nSPS) is 19.9. The van der Waals surface area contributed by atoms with Gasteiger partial charge in [-0.2, -0.15) is 0 Å². The number of hydrogen-bond acceptors (Lipinski definition) is 3. The highest BCUT2D eigenvalue weighted by atomic mass is 16.6. The Morgan fingerprint density at radius 1 is 1.39 bits per heavy atom. The molecule has 1 aromatic rings. The molecular weight excluding hydrogens is 227 g/mol. The summed E-state index contributed by atoms with van der Waals surface area (Å²) in [7, 11) is 5.98. The summed E-state index contributed by atoms with van der Waals surface area (Å²) >= 11 is 0. The maximum Gasteiger partial charge on any atom is 0.120 e. The molecule has 0 amide bonds. The van der Waals surface area contributed by atoms with Crippen molar-refractivity contribution in [2.24, 2.45) is 0 Å². The zero-order valence-corrected chi connectivity index (χ0v) is 11.2. The van der Waals surface area contributed by atoms with Gasteiger partial charge < -0.3 is 14.2 Å². The lowest BCUT2D eigenvalue weighted by molar-refractivity contribution is 0.0543. The molecule has 0 aromatic heterocycles. The van der Waals surface area contributed by atoms with Crippen LogP contribution in [-0.4, -0.2) is 33.3 Å². The number of epoxide rings is 1. The molecule has 1 aliphatic rings. The molecule has 0 N–H and O–H groups in total. The Balaban J connectivity index is 2.03. The van der Waals surface area contributed by atoms with E-state index in [-0.39, 0.29) is 18.3 Å². The lowest BCUT2D eigenvalue weighted by atomic mass is 9.88. The van der Waals surface area contributed by atoms with E-state index in [0.717, 1.165) is 23.4 Å². The first kappa shape index (κ1) is 13.4. The first-order valence-electron chi connectivity index (χ1n) is 6.35. The minimum atomic E-state index is -0.0510. The lowest BCUT2D eigenvalue weighted by Gasteiger charge is -2.18. The van der Waals surface area contributed by atoms with Crippen molar-refractivity contribution in [2.75, 3.05) is 13.2 Å². The molecule has 0 unspecified atom stereocenters. The zero-order valence-electron chi connectivity index (χ0n) is 11.2. The van der Waals surface area contributed by atoms with Crippen molar-refractivity contribution in [1.29, 1.82) is 0 Å². The highest BCUT2D eigenvalue weighted by Crippen LogP contribution is 2.22. The zero-order chi connectivity index (χ0) is 13.1. The van der Waals surface area contributed by atoms with Gasteiger partial charge in [0.1, 0.15) is 19.7 Å². The average Bonchev–Trinajstić information content (AvgIpc) is 3.12. The highest BCUT2D eigenvalue weighted by Gasteiger charge is 2.24. The van der Waals surface area contributed by atoms with E-state index in [9.17, 15) is 0 Å². The molecule has 2 rings (SSSR count). The van der Waals surface area contributed by atoms with Crippen molar-refractivity contribution < 1.29 is 14.2 Å². The maximum atomic E-state index is 5.98. The Morgan fingerprint density at radius 3 is 2.72 bits per heavy atom. The largest absolute Gasteiger partial charge is 0.491 e. The minimum absolute atomic E-state index is 0.0510. The summed E-state index contributed by atoms with van der Waals surface area (Å²) in [6, 6.07) is 5.70. The molecule has 1 aliphatic heterocycles. The van der Waals surface area contributed by atoms with E-state index >= 15 is 0 Å². The Bertz CT molecular complexity index is 402. The quantitative estimate of drug-likeness (QED) is 0.566. The van der Waals surface area contributed by atoms with E-state index in [4.69, 9.17) is 22.1 Å². The van der Waals surface area contributed by atoms with E-state index < -0.39 is 0 Å². The van der Waals surface area contributed by atoms with Gasteiger partial charge >= 0.3 is 0 Å². The molecule has 1 aromatic carbocycles. The van der Waals surface area contributed by atoms with Gasteiger partial charge in [-0.25, -0.2) is 0 Å². The molecular formula is C14H19BO3. The molecule has 18 heavy (non-hydrogen) atoms. The highest BCUT2D eigenvalue weighted by molar-refractivity contribution is 6.33. The fraction of sp³-hybridized carbons (Fsp3) is 0.571. The number of benzene rings is 1. The van der Waals surface area contributed by atoms with Crippen molar-refractivity contribution in [2.45, 2.75) is 39.1 Å². The van der Waals surface area contributed by atoms with Gasteiger partial charge in [-0.1, -0.05) is 11.5 Å². The second-order valence-electron chi connectivity index (χ2n) is 4.89. The molecule has 2 radical (unpaired) electrons. The summed E-state index contributed by atoms with van der Waals surface area (Å²) < 4.78 is 16.5. The van der Waals surface area contributed by atoms with E-state index in [1.807, 2.05) is 39.0 Å². The standard InChI is InChI=1S/C14H19BO3/c1-9(2)18-11-4-5-14(15)13(6-11)10(3)16-7-12-8-17-12/h4-6,9-10,12H,7-8H2,1-3H3/t10-,12+/m1/s1. The first-order chi connectivity index (χ1) is 8.56. The Kier molecular flexibility index (Phi) is 4.30. The van der Waals surface area contributed by atoms with E-state index in [1.54, 1.807) is 0 Å². The molecule has 0 aliphatic carbocycles. The van der Waals surface area contributed by atoms with Crippen LogP contribution >= 0.6 is 0 Å². The third kappa shape index (κ3) is 3.75. The van der Waals surface area contributed by atoms with Gasteiger partial charge in [0.05, 0.1) is 25.4 Å². The van der Waals surface area contributed by atoms with Crippen molar-refractivity contribution in [3.8, 4) is 5.75 Å². The predicted octanol–water partition coefficient (Wildman–Crippen LogP) is 1.74. The van der Waals surface area contributed by atoms with Gasteiger partial charge in [0.2, 0.25) is 0 Å². The Hall–Kier alpha value is -0.995. The summed E-state index contributed by atoms with van der Waals surface area (Å²) in [6.45, 7) is 7.42. The van der Waals surface area contributed by atoms with Crippen LogP contribution in [-0.2, 0) is 9.47 Å². The topological polar surface area (TPSA) is 31.0 Å². The number of rotatable bonds is 6. The SMILES string of the molecule is [B]c1ccc(OC(C)C)cc1[C@@H](C)OC[C@H]1CO1. The van der Waals surface area contributed by atoms with Gasteiger partial charge in [0.15, 0.2) is 0 Å². The smallest absolute Gasteiger partial charge is 0.120 e. The van der Waals surface area contributed by atoms with Crippen LogP contribution in [0.1, 0.15) is 32.4 Å². The molecule has 1 saturated heterocycles. The summed E-state index contributed by atoms with van der Waals surface area (Å²) in [4.78, 5) is 0. The molecule has 3 nitrogen and oxygen atoms in total. The second-order valence-corrected chi connectivity index (χ2v) is 4.89. The molecule has 1 fully saturated rings. The molecule has 96 valence electrons. The predicted molar refractivity (Wildman–Crippen MR) is 71.7 cm³/mol. The fourth-order valence-corrected chi connectivity index (χ4v) is 1.76. The van der Waals surface area contributed by atoms with Crippen molar-refractivity contribution in [3.63, 3.8) is 0 Å². The summed E-state index contributed by atoms with van der Waals surface area (Å²) in [5.41, 5.74) is 1.70. The second kappa shape index (κ2) is 5.76. The monoisotopic (exact) mass is 246 g/mol. The van der Waals surface area contributed by atoms with Crippen LogP contribution in [0.15, 0.2) is 18.2 Å².